The Kier molecular flexibility index (Phi) is 7.37. The second-order valence-corrected chi connectivity index (χ2v) is 7.41. The molecular weight excluding hydrogens is 330 g/mol. The molecule has 0 aliphatic rings. The van der Waals surface area contributed by atoms with Gasteiger partial charge in [-0.25, -0.2) is 0 Å². The molecule has 0 amide bonds. The molecule has 1 aromatic rings. The minimum Gasteiger partial charge on any atom is -0.379 e. The summed E-state index contributed by atoms with van der Waals surface area (Å²) in [5.41, 5.74) is 1.23. The fourth-order valence-electron chi connectivity index (χ4n) is 2.71. The highest BCUT2D eigenvalue weighted by atomic mass is 79.9. The largest absolute Gasteiger partial charge is 0.379 e. The first-order valence-electron chi connectivity index (χ1n) is 7.84. The van der Waals surface area contributed by atoms with Crippen LogP contribution in [0.4, 0.5) is 0 Å². The van der Waals surface area contributed by atoms with Crippen LogP contribution in [0.25, 0.3) is 0 Å². The summed E-state index contributed by atoms with van der Waals surface area (Å²) in [7, 11) is 1.80. The predicted molar refractivity (Wildman–Crippen MR) is 91.5 cm³/mol. The Bertz CT molecular complexity index is 426. The summed E-state index contributed by atoms with van der Waals surface area (Å²) in [6.45, 7) is 12.9. The number of nitrogens with one attached hydrogen (secondary N) is 1. The van der Waals surface area contributed by atoms with Crippen molar-refractivity contribution in [2.75, 3.05) is 13.7 Å². The van der Waals surface area contributed by atoms with E-state index in [1.54, 1.807) is 7.11 Å². The SMILES string of the molecule is CCCNC(c1c(Br)cnn1CCC)C(OC)C(C)(C)C. The molecule has 5 heteroatoms. The average molecular weight is 360 g/mol. The van der Waals surface area contributed by atoms with Crippen molar-refractivity contribution in [3.05, 3.63) is 16.4 Å². The molecule has 1 N–H and O–H groups in total. The Morgan fingerprint density at radius 2 is 2.00 bits per heavy atom. The van der Waals surface area contributed by atoms with Crippen LogP contribution >= 0.6 is 15.9 Å². The van der Waals surface area contributed by atoms with Gasteiger partial charge in [-0.15, -0.1) is 0 Å². The van der Waals surface area contributed by atoms with E-state index in [1.807, 2.05) is 6.20 Å². The fourth-order valence-corrected chi connectivity index (χ4v) is 3.25. The summed E-state index contributed by atoms with van der Waals surface area (Å²) in [6, 6.07) is 0.123. The standard InChI is InChI=1S/C16H30BrN3O/c1-7-9-18-13(15(21-6)16(3,4)5)14-12(17)11-19-20(14)10-8-2/h11,13,15,18H,7-10H2,1-6H3. The van der Waals surface area contributed by atoms with Crippen LogP contribution in [0.1, 0.15) is 59.2 Å². The van der Waals surface area contributed by atoms with Crippen molar-refractivity contribution in [1.82, 2.24) is 15.1 Å². The van der Waals surface area contributed by atoms with E-state index in [1.165, 1.54) is 5.69 Å². The molecular formula is C16H30BrN3O. The van der Waals surface area contributed by atoms with Crippen molar-refractivity contribution < 1.29 is 4.74 Å². The van der Waals surface area contributed by atoms with Crippen molar-refractivity contribution in [2.45, 2.75) is 66.2 Å². The van der Waals surface area contributed by atoms with Gasteiger partial charge in [0.2, 0.25) is 0 Å². The minimum atomic E-state index is 0.0426. The van der Waals surface area contributed by atoms with Gasteiger partial charge in [0.25, 0.3) is 0 Å². The van der Waals surface area contributed by atoms with Crippen LogP contribution in [0.3, 0.4) is 0 Å². The molecule has 2 unspecified atom stereocenters. The highest BCUT2D eigenvalue weighted by Crippen LogP contribution is 2.35. The van der Waals surface area contributed by atoms with Crippen molar-refractivity contribution in [3.63, 3.8) is 0 Å². The van der Waals surface area contributed by atoms with E-state index in [2.05, 4.69) is 65.6 Å². The number of methoxy groups -OCH3 is 1. The molecule has 0 aliphatic carbocycles. The molecule has 0 fully saturated rings. The lowest BCUT2D eigenvalue weighted by atomic mass is 9.83. The number of hydrogen-bond donors (Lipinski definition) is 1. The summed E-state index contributed by atoms with van der Waals surface area (Å²) in [4.78, 5) is 0. The molecule has 0 aliphatic heterocycles. The monoisotopic (exact) mass is 359 g/mol. The van der Waals surface area contributed by atoms with E-state index in [0.717, 1.165) is 30.4 Å². The van der Waals surface area contributed by atoms with Crippen molar-refractivity contribution in [3.8, 4) is 0 Å². The van der Waals surface area contributed by atoms with Gasteiger partial charge in [0.15, 0.2) is 0 Å². The smallest absolute Gasteiger partial charge is 0.0829 e. The highest BCUT2D eigenvalue weighted by Gasteiger charge is 2.36. The van der Waals surface area contributed by atoms with Crippen molar-refractivity contribution in [2.24, 2.45) is 5.41 Å². The average Bonchev–Trinajstić information content (AvgIpc) is 2.75. The molecule has 0 saturated carbocycles. The molecule has 1 rings (SSSR count). The van der Waals surface area contributed by atoms with Gasteiger partial charge < -0.3 is 10.1 Å². The molecule has 21 heavy (non-hydrogen) atoms. The van der Waals surface area contributed by atoms with E-state index < -0.39 is 0 Å². The summed E-state index contributed by atoms with van der Waals surface area (Å²) >= 11 is 3.67. The maximum absolute atomic E-state index is 5.86. The zero-order valence-electron chi connectivity index (χ0n) is 14.2. The molecule has 4 nitrogen and oxygen atoms in total. The van der Waals surface area contributed by atoms with Gasteiger partial charge in [0.1, 0.15) is 0 Å². The fraction of sp³-hybridized carbons (Fsp3) is 0.812. The second-order valence-electron chi connectivity index (χ2n) is 6.56. The molecule has 1 aromatic heterocycles. The van der Waals surface area contributed by atoms with Gasteiger partial charge in [0.05, 0.1) is 28.5 Å². The molecule has 0 radical (unpaired) electrons. The van der Waals surface area contributed by atoms with Crippen molar-refractivity contribution in [1.29, 1.82) is 0 Å². The van der Waals surface area contributed by atoms with Crippen molar-refractivity contribution >= 4 is 15.9 Å². The van der Waals surface area contributed by atoms with Gasteiger partial charge >= 0.3 is 0 Å². The lowest BCUT2D eigenvalue weighted by molar-refractivity contribution is -0.0142. The second kappa shape index (κ2) is 8.30. The quantitative estimate of drug-likeness (QED) is 0.757. The van der Waals surface area contributed by atoms with Gasteiger partial charge in [-0.2, -0.15) is 5.10 Å². The first-order valence-corrected chi connectivity index (χ1v) is 8.63. The van der Waals surface area contributed by atoms with Crippen LogP contribution in [0.2, 0.25) is 0 Å². The van der Waals surface area contributed by atoms with Gasteiger partial charge in [-0.3, -0.25) is 4.68 Å². The lowest BCUT2D eigenvalue weighted by Crippen LogP contribution is -2.43. The Balaban J connectivity index is 3.21. The Hall–Kier alpha value is -0.390. The number of ether oxygens (including phenoxy) is 1. The number of hydrogen-bond acceptors (Lipinski definition) is 3. The number of nitrogens with zero attached hydrogens (tertiary/aromatic N) is 2. The molecule has 0 spiro atoms. The van der Waals surface area contributed by atoms with E-state index in [9.17, 15) is 0 Å². The maximum atomic E-state index is 5.86. The number of rotatable bonds is 8. The van der Waals surface area contributed by atoms with E-state index in [4.69, 9.17) is 4.74 Å². The third-order valence-corrected chi connectivity index (χ3v) is 4.20. The maximum Gasteiger partial charge on any atom is 0.0829 e. The van der Waals surface area contributed by atoms with Gasteiger partial charge in [-0.1, -0.05) is 34.6 Å². The first kappa shape index (κ1) is 18.7. The highest BCUT2D eigenvalue weighted by molar-refractivity contribution is 9.10. The summed E-state index contributed by atoms with van der Waals surface area (Å²) in [5.74, 6) is 0. The van der Waals surface area contributed by atoms with Crippen LogP contribution in [-0.4, -0.2) is 29.5 Å². The zero-order valence-corrected chi connectivity index (χ0v) is 15.8. The Labute approximate surface area is 137 Å². The first-order chi connectivity index (χ1) is 9.86. The number of halogens is 1. The van der Waals surface area contributed by atoms with E-state index in [-0.39, 0.29) is 17.6 Å². The molecule has 1 heterocycles. The lowest BCUT2D eigenvalue weighted by Gasteiger charge is -2.37. The third kappa shape index (κ3) is 4.80. The van der Waals surface area contributed by atoms with Crippen LogP contribution in [0.5, 0.6) is 0 Å². The summed E-state index contributed by atoms with van der Waals surface area (Å²) in [5, 5.41) is 8.16. The summed E-state index contributed by atoms with van der Waals surface area (Å²) < 4.78 is 9.01. The molecule has 0 bridgehead atoms. The minimum absolute atomic E-state index is 0.0426. The third-order valence-electron chi connectivity index (χ3n) is 3.59. The Morgan fingerprint density at radius 1 is 1.33 bits per heavy atom. The Morgan fingerprint density at radius 3 is 2.48 bits per heavy atom. The molecule has 122 valence electrons. The van der Waals surface area contributed by atoms with Gasteiger partial charge in [-0.05, 0) is 40.7 Å². The predicted octanol–water partition coefficient (Wildman–Crippen LogP) is 4.16. The van der Waals surface area contributed by atoms with E-state index >= 15 is 0 Å². The van der Waals surface area contributed by atoms with E-state index in [0.29, 0.717) is 0 Å². The van der Waals surface area contributed by atoms with Gasteiger partial charge in [0, 0.05) is 13.7 Å². The van der Waals surface area contributed by atoms with Crippen LogP contribution in [0.15, 0.2) is 10.7 Å². The topological polar surface area (TPSA) is 39.1 Å². The number of aryl methyl sites for hydroxylation is 1. The molecule has 0 aromatic carbocycles. The van der Waals surface area contributed by atoms with Crippen LogP contribution in [0, 0.1) is 5.41 Å². The van der Waals surface area contributed by atoms with Crippen LogP contribution < -0.4 is 5.32 Å². The molecule has 0 saturated heterocycles. The number of aromatic nitrogens is 2. The zero-order chi connectivity index (χ0) is 16.0. The molecule has 2 atom stereocenters. The normalized spacial score (nSPS) is 15.2. The summed E-state index contributed by atoms with van der Waals surface area (Å²) in [6.07, 6.45) is 4.12. The van der Waals surface area contributed by atoms with Crippen LogP contribution in [-0.2, 0) is 11.3 Å².